The molecule has 0 saturated carbocycles. The summed E-state index contributed by atoms with van der Waals surface area (Å²) < 4.78 is 4.35. The fourth-order valence-corrected chi connectivity index (χ4v) is 7.32. The Hall–Kier alpha value is -6.77. The maximum atomic E-state index is 14.2. The monoisotopic (exact) mass is 1160 g/mol. The second kappa shape index (κ2) is 21.0. The summed E-state index contributed by atoms with van der Waals surface area (Å²) in [5.41, 5.74) is -12.0. The molecule has 41 nitrogen and oxygen atoms in total. The number of hydrogen-bond acceptors (Lipinski definition) is 38. The number of carbonyl (C=O) groups excluding carboxylic acids is 3. The third kappa shape index (κ3) is 12.1. The van der Waals surface area contributed by atoms with Gasteiger partial charge in [-0.2, -0.15) is 4.89 Å². The molecule has 4 unspecified atom stereocenters. The Morgan fingerprint density at radius 3 is 1.46 bits per heavy atom. The number of amides is 3. The lowest BCUT2D eigenvalue weighted by atomic mass is 9.75. The molecular formula is C38H49N3O38. The van der Waals surface area contributed by atoms with Gasteiger partial charge in [0.15, 0.2) is 34.3 Å². The quantitative estimate of drug-likeness (QED) is 0.0146. The van der Waals surface area contributed by atoms with E-state index in [1.54, 1.807) is 5.32 Å². The summed E-state index contributed by atoms with van der Waals surface area (Å²) in [5, 5.41) is 334. The van der Waals surface area contributed by atoms with Crippen LogP contribution in [0.5, 0.6) is 51.7 Å². The van der Waals surface area contributed by atoms with Crippen LogP contribution in [-0.4, -0.2) is 252 Å². The Bertz CT molecular complexity index is 2690. The number of phenolic OH excluding ortho intramolecular Hbond substituents is 8. The Labute approximate surface area is 432 Å². The number of benzene rings is 3. The number of aliphatic hydroxyl groups excluding tert-OH is 1. The van der Waals surface area contributed by atoms with Gasteiger partial charge in [-0.05, 0) is 18.4 Å². The molecule has 1 aliphatic rings. The molecule has 1 saturated heterocycles. The van der Waals surface area contributed by atoms with E-state index in [-0.39, 0.29) is 5.56 Å². The molecule has 4 atom stereocenters. The minimum atomic E-state index is -5.20. The van der Waals surface area contributed by atoms with Crippen molar-refractivity contribution in [1.82, 2.24) is 15.5 Å². The highest BCUT2D eigenvalue weighted by Crippen LogP contribution is 2.57. The molecule has 0 bridgehead atoms. The molecule has 444 valence electrons. The first-order valence-electron chi connectivity index (χ1n) is 20.7. The molecule has 41 heteroatoms. The number of aliphatic hydroxyl groups is 24. The van der Waals surface area contributed by atoms with Crippen LogP contribution in [0.15, 0.2) is 30.3 Å². The third-order valence-electron chi connectivity index (χ3n) is 11.3. The fourth-order valence-electron chi connectivity index (χ4n) is 7.32. The molecule has 0 aliphatic carbocycles. The van der Waals surface area contributed by atoms with Crippen molar-refractivity contribution in [1.29, 1.82) is 0 Å². The average Bonchev–Trinajstić information content (AvgIpc) is 3.26. The normalized spacial score (nSPS) is 18.1. The van der Waals surface area contributed by atoms with Gasteiger partial charge in [0.25, 0.3) is 18.2 Å². The maximum Gasteiger partial charge on any atom is 0.386 e. The van der Waals surface area contributed by atoms with Crippen LogP contribution in [0, 0.1) is 0 Å². The molecule has 3 aromatic carbocycles. The number of nitrogens with zero attached hydrogens (tertiary/aromatic N) is 1. The molecule has 79 heavy (non-hydrogen) atoms. The van der Waals surface area contributed by atoms with Crippen LogP contribution in [0.1, 0.15) is 35.1 Å². The minimum Gasteiger partial charge on any atom is -0.504 e. The van der Waals surface area contributed by atoms with E-state index < -0.39 is 194 Å². The lowest BCUT2D eigenvalue weighted by Gasteiger charge is -2.52. The SMILES string of the molecule is O=C(NC(Cc1ccccc1)CC(O)C(O)(CC(=O)C(O)(O)Oc1c(C(O)(O)O)c(O)c(O)c(O)c1C(O)(O)O)C(O)(O)c1c(O)c(O)c(O)c(O)c1O)C(OOC(C(O)(O)O)C(O)(O)O)N1C(=O)NC(O)(O)C(O)(O)C1(O)O. The zero-order valence-corrected chi connectivity index (χ0v) is 38.5. The minimum absolute atomic E-state index is 0.150. The van der Waals surface area contributed by atoms with Crippen molar-refractivity contribution < 1.29 is 192 Å². The van der Waals surface area contributed by atoms with Gasteiger partial charge in [0.1, 0.15) is 16.7 Å². The predicted octanol–water partition coefficient (Wildman–Crippen LogP) is -14.6. The first-order chi connectivity index (χ1) is 35.4. The fraction of sp³-hybridized carbons (Fsp3) is 0.447. The van der Waals surface area contributed by atoms with Crippen molar-refractivity contribution in [3.63, 3.8) is 0 Å². The van der Waals surface area contributed by atoms with Crippen molar-refractivity contribution in [3.05, 3.63) is 52.6 Å². The highest BCUT2D eigenvalue weighted by Gasteiger charge is 2.73. The van der Waals surface area contributed by atoms with Crippen LogP contribution in [0.3, 0.4) is 0 Å². The van der Waals surface area contributed by atoms with Crippen LogP contribution < -0.4 is 15.4 Å². The molecule has 1 fully saturated rings. The maximum absolute atomic E-state index is 14.2. The van der Waals surface area contributed by atoms with Crippen molar-refractivity contribution in [3.8, 4) is 51.7 Å². The number of aromatic hydroxyl groups is 8. The van der Waals surface area contributed by atoms with Gasteiger partial charge in [-0.25, -0.2) is 14.6 Å². The van der Waals surface area contributed by atoms with Crippen molar-refractivity contribution in [2.45, 2.75) is 103 Å². The van der Waals surface area contributed by atoms with E-state index in [0.29, 0.717) is 0 Å². The summed E-state index contributed by atoms with van der Waals surface area (Å²) in [5.74, 6) is -69.0. The zero-order chi connectivity index (χ0) is 61.3. The van der Waals surface area contributed by atoms with E-state index in [1.165, 1.54) is 18.2 Å². The number of nitrogens with one attached hydrogen (secondary N) is 2. The summed E-state index contributed by atoms with van der Waals surface area (Å²) in [4.78, 5) is 48.6. The molecule has 0 aromatic heterocycles. The number of urea groups is 1. The van der Waals surface area contributed by atoms with Gasteiger partial charge in [0.2, 0.25) is 34.6 Å². The average molecular weight is 1160 g/mol. The molecule has 0 radical (unpaired) electrons. The number of ether oxygens (including phenoxy) is 1. The second-order valence-corrected chi connectivity index (χ2v) is 17.1. The van der Waals surface area contributed by atoms with Crippen LogP contribution in [0.25, 0.3) is 0 Å². The van der Waals surface area contributed by atoms with E-state index in [0.717, 1.165) is 17.4 Å². The molecule has 3 aromatic rings. The van der Waals surface area contributed by atoms with E-state index >= 15 is 0 Å². The molecule has 0 spiro atoms. The van der Waals surface area contributed by atoms with Gasteiger partial charge in [0, 0.05) is 6.04 Å². The first-order valence-corrected chi connectivity index (χ1v) is 20.7. The van der Waals surface area contributed by atoms with E-state index in [9.17, 15) is 178 Å². The van der Waals surface area contributed by atoms with Gasteiger partial charge < -0.3 is 173 Å². The topological polar surface area (TPSA) is 754 Å². The summed E-state index contributed by atoms with van der Waals surface area (Å²) in [7, 11) is 0. The Kier molecular flexibility index (Phi) is 17.2. The zero-order valence-electron chi connectivity index (χ0n) is 38.5. The number of ketones is 1. The molecule has 1 heterocycles. The Morgan fingerprint density at radius 2 is 1.03 bits per heavy atom. The third-order valence-corrected chi connectivity index (χ3v) is 11.3. The lowest BCUT2D eigenvalue weighted by Crippen LogP contribution is -2.86. The largest absolute Gasteiger partial charge is 0.504 e. The number of rotatable bonds is 22. The smallest absolute Gasteiger partial charge is 0.386 e. The Morgan fingerprint density at radius 1 is 0.608 bits per heavy atom. The number of carbonyl (C=O) groups is 3. The lowest BCUT2D eigenvalue weighted by molar-refractivity contribution is -0.536. The van der Waals surface area contributed by atoms with Gasteiger partial charge in [-0.1, -0.05) is 30.3 Å². The summed E-state index contributed by atoms with van der Waals surface area (Å²) in [6.07, 6.45) is -17.0. The Balaban J connectivity index is 2.00. The predicted molar refractivity (Wildman–Crippen MR) is 224 cm³/mol. The summed E-state index contributed by atoms with van der Waals surface area (Å²) >= 11 is 0. The van der Waals surface area contributed by atoms with Crippen LogP contribution in [-0.2, 0) is 43.5 Å². The standard InChI is InChI=1S/C38H49N3O38/c42-11(7-10(6-9-4-2-1-3-5-9)39-25(52)26(78-79-27(33(63,64)65)34(66,67)68)41-28(53)40-37(73,74)36(71,72)38(41,75)76)29(54,30(55,56)13-16(44)21(49)23(51)22(50)17(13)45)8-12(43)35(69,70)77-24-14(31(57,58)59)18(46)20(48)19(47)15(24)32(60,61)62/h1-5,10-11,26-27,42,44-51,54-76H,6-8H2,(H,39,52)(H,40,53). The number of hydrogen-bond donors (Lipinski definition) is 34. The van der Waals surface area contributed by atoms with Crippen molar-refractivity contribution in [2.75, 3.05) is 0 Å². The molecule has 1 aliphatic heterocycles. The number of Topliss-reactive ketones (excluding diaryl/α,β-unsaturated/α-hetero) is 1. The van der Waals surface area contributed by atoms with E-state index in [4.69, 9.17) is 0 Å². The van der Waals surface area contributed by atoms with Crippen LogP contribution in [0.2, 0.25) is 0 Å². The number of phenols is 8. The first kappa shape index (κ1) is 64.8. The summed E-state index contributed by atoms with van der Waals surface area (Å²) in [6.45, 7) is 0. The van der Waals surface area contributed by atoms with Gasteiger partial charge in [-0.3, -0.25) is 14.9 Å². The van der Waals surface area contributed by atoms with E-state index in [2.05, 4.69) is 14.5 Å². The van der Waals surface area contributed by atoms with Gasteiger partial charge in [0.05, 0.1) is 12.5 Å². The molecule has 34 N–H and O–H groups in total. The van der Waals surface area contributed by atoms with Gasteiger partial charge >= 0.3 is 53.5 Å². The molecular weight excluding hydrogens is 1110 g/mol. The van der Waals surface area contributed by atoms with Gasteiger partial charge in [-0.15, -0.1) is 0 Å². The molecule has 3 amide bonds. The molecule has 4 rings (SSSR count). The summed E-state index contributed by atoms with van der Waals surface area (Å²) in [6, 6.07) is 0.963. The second-order valence-electron chi connectivity index (χ2n) is 17.1. The van der Waals surface area contributed by atoms with Crippen LogP contribution in [0.4, 0.5) is 4.79 Å². The van der Waals surface area contributed by atoms with E-state index in [1.807, 2.05) is 0 Å². The highest BCUT2D eigenvalue weighted by molar-refractivity contribution is 5.88. The van der Waals surface area contributed by atoms with Crippen molar-refractivity contribution in [2.24, 2.45) is 0 Å². The van der Waals surface area contributed by atoms with Crippen molar-refractivity contribution >= 4 is 17.7 Å². The van der Waals surface area contributed by atoms with Crippen LogP contribution >= 0.6 is 0 Å². The highest BCUT2D eigenvalue weighted by atomic mass is 17.2.